The van der Waals surface area contributed by atoms with Gasteiger partial charge in [0.15, 0.2) is 0 Å². The molecule has 2 amide bonds. The molecule has 1 fully saturated rings. The lowest BCUT2D eigenvalue weighted by atomic mass is 10.1. The van der Waals surface area contributed by atoms with Crippen LogP contribution in [0.3, 0.4) is 0 Å². The Bertz CT molecular complexity index is 649. The number of rotatable bonds is 3. The Hall–Kier alpha value is -2.95. The van der Waals surface area contributed by atoms with Crippen molar-refractivity contribution in [1.82, 2.24) is 4.90 Å². The van der Waals surface area contributed by atoms with E-state index in [2.05, 4.69) is 5.32 Å². The van der Waals surface area contributed by atoms with Crippen LogP contribution in [0.15, 0.2) is 18.2 Å². The van der Waals surface area contributed by atoms with Crippen molar-refractivity contribution in [2.45, 2.75) is 12.5 Å². The van der Waals surface area contributed by atoms with Crippen LogP contribution < -0.4 is 5.32 Å². The van der Waals surface area contributed by atoms with E-state index in [1.165, 1.54) is 25.2 Å². The van der Waals surface area contributed by atoms with Gasteiger partial charge in [-0.25, -0.2) is 0 Å². The Labute approximate surface area is 113 Å². The van der Waals surface area contributed by atoms with Crippen LogP contribution in [-0.4, -0.2) is 34.7 Å². The van der Waals surface area contributed by atoms with Crippen LogP contribution in [0.1, 0.15) is 12.0 Å². The molecule has 1 atom stereocenters. The molecule has 0 saturated carbocycles. The van der Waals surface area contributed by atoms with Gasteiger partial charge in [0, 0.05) is 7.05 Å². The number of nitriles is 1. The van der Waals surface area contributed by atoms with Gasteiger partial charge in [-0.3, -0.25) is 24.6 Å². The zero-order valence-electron chi connectivity index (χ0n) is 10.5. The number of likely N-dealkylation sites (N-methyl/N-ethyl adjacent to an activating group) is 1. The van der Waals surface area contributed by atoms with Gasteiger partial charge in [0.1, 0.15) is 23.4 Å². The molecule has 0 aliphatic carbocycles. The third-order valence-electron chi connectivity index (χ3n) is 3.05. The van der Waals surface area contributed by atoms with Crippen LogP contribution in [0, 0.1) is 21.4 Å². The zero-order chi connectivity index (χ0) is 14.9. The third kappa shape index (κ3) is 2.16. The molecule has 1 aromatic rings. The number of nitro benzene ring substituents is 1. The average molecular weight is 274 g/mol. The second-order valence-corrected chi connectivity index (χ2v) is 4.26. The Kier molecular flexibility index (Phi) is 3.35. The Morgan fingerprint density at radius 2 is 2.20 bits per heavy atom. The molecule has 1 heterocycles. The molecule has 0 bridgehead atoms. The molecule has 102 valence electrons. The van der Waals surface area contributed by atoms with Gasteiger partial charge >= 0.3 is 5.69 Å². The van der Waals surface area contributed by atoms with Crippen molar-refractivity contribution in [3.05, 3.63) is 33.9 Å². The van der Waals surface area contributed by atoms with Gasteiger partial charge in [-0.1, -0.05) is 6.07 Å². The summed E-state index contributed by atoms with van der Waals surface area (Å²) in [4.78, 5) is 34.5. The Morgan fingerprint density at radius 3 is 2.70 bits per heavy atom. The highest BCUT2D eigenvalue weighted by Crippen LogP contribution is 2.30. The molecule has 1 unspecified atom stereocenters. The van der Waals surface area contributed by atoms with E-state index in [1.54, 1.807) is 6.07 Å². The number of imide groups is 1. The minimum Gasteiger partial charge on any atom is -0.368 e. The fourth-order valence-electron chi connectivity index (χ4n) is 2.00. The standard InChI is InChI=1S/C12H10N4O4/c1-15-10(17)5-9(12(15)18)14-8-4-2-3-7(6-13)11(8)16(19)20/h2-4,9,14H,5H2,1H3. The highest BCUT2D eigenvalue weighted by Gasteiger charge is 2.37. The molecule has 8 heteroatoms. The summed E-state index contributed by atoms with van der Waals surface area (Å²) in [6, 6.07) is 5.07. The first kappa shape index (κ1) is 13.5. The fraction of sp³-hybridized carbons (Fsp3) is 0.250. The van der Waals surface area contributed by atoms with E-state index in [9.17, 15) is 19.7 Å². The molecule has 0 radical (unpaired) electrons. The second-order valence-electron chi connectivity index (χ2n) is 4.26. The first-order valence-electron chi connectivity index (χ1n) is 5.70. The van der Waals surface area contributed by atoms with Crippen LogP contribution in [0.25, 0.3) is 0 Å². The number of amides is 2. The Morgan fingerprint density at radius 1 is 1.50 bits per heavy atom. The number of carbonyl (C=O) groups excluding carboxylic acids is 2. The average Bonchev–Trinajstić information content (AvgIpc) is 2.65. The predicted octanol–water partition coefficient (Wildman–Crippen LogP) is 0.636. The second kappa shape index (κ2) is 4.97. The van der Waals surface area contributed by atoms with E-state index in [-0.39, 0.29) is 23.6 Å². The van der Waals surface area contributed by atoms with Gasteiger partial charge in [0.25, 0.3) is 5.91 Å². The van der Waals surface area contributed by atoms with E-state index in [0.29, 0.717) is 0 Å². The van der Waals surface area contributed by atoms with Crippen molar-refractivity contribution >= 4 is 23.2 Å². The van der Waals surface area contributed by atoms with Gasteiger partial charge in [0.05, 0.1) is 11.3 Å². The van der Waals surface area contributed by atoms with Crippen LogP contribution in [-0.2, 0) is 9.59 Å². The third-order valence-corrected chi connectivity index (χ3v) is 3.05. The van der Waals surface area contributed by atoms with Crippen LogP contribution in [0.5, 0.6) is 0 Å². The number of para-hydroxylation sites is 1. The summed E-state index contributed by atoms with van der Waals surface area (Å²) in [7, 11) is 1.35. The first-order chi connectivity index (χ1) is 9.45. The maximum atomic E-state index is 11.8. The van der Waals surface area contributed by atoms with Gasteiger partial charge < -0.3 is 5.32 Å². The van der Waals surface area contributed by atoms with Crippen LogP contribution in [0.2, 0.25) is 0 Å². The van der Waals surface area contributed by atoms with Crippen LogP contribution >= 0.6 is 0 Å². The number of nitrogens with zero attached hydrogens (tertiary/aromatic N) is 3. The van der Waals surface area contributed by atoms with Crippen molar-refractivity contribution in [1.29, 1.82) is 5.26 Å². The van der Waals surface area contributed by atoms with Gasteiger partial charge in [0.2, 0.25) is 5.91 Å². The molecule has 1 aromatic carbocycles. The molecule has 20 heavy (non-hydrogen) atoms. The Balaban J connectivity index is 2.36. The van der Waals surface area contributed by atoms with Gasteiger partial charge in [-0.05, 0) is 12.1 Å². The zero-order valence-corrected chi connectivity index (χ0v) is 10.5. The molecule has 1 aliphatic rings. The van der Waals surface area contributed by atoms with Crippen molar-refractivity contribution in [2.24, 2.45) is 0 Å². The molecular weight excluding hydrogens is 264 g/mol. The number of nitro groups is 1. The largest absolute Gasteiger partial charge is 0.368 e. The van der Waals surface area contributed by atoms with Gasteiger partial charge in [-0.2, -0.15) is 5.26 Å². The normalized spacial score (nSPS) is 18.0. The number of anilines is 1. The molecule has 1 saturated heterocycles. The summed E-state index contributed by atoms with van der Waals surface area (Å²) in [5.41, 5.74) is -0.453. The molecule has 2 rings (SSSR count). The molecule has 0 spiro atoms. The summed E-state index contributed by atoms with van der Waals surface area (Å²) in [5.74, 6) is -0.807. The predicted molar refractivity (Wildman–Crippen MR) is 67.6 cm³/mol. The maximum Gasteiger partial charge on any atom is 0.309 e. The monoisotopic (exact) mass is 274 g/mol. The molecule has 8 nitrogen and oxygen atoms in total. The summed E-state index contributed by atoms with van der Waals surface area (Å²) in [6.07, 6.45) is -0.0662. The minimum absolute atomic E-state index is 0.0514. The highest BCUT2D eigenvalue weighted by molar-refractivity contribution is 6.06. The van der Waals surface area contributed by atoms with Crippen molar-refractivity contribution in [3.63, 3.8) is 0 Å². The molecule has 1 N–H and O–H groups in total. The molecule has 0 aromatic heterocycles. The maximum absolute atomic E-state index is 11.8. The van der Waals surface area contributed by atoms with E-state index in [1.807, 2.05) is 0 Å². The van der Waals surface area contributed by atoms with Crippen molar-refractivity contribution < 1.29 is 14.5 Å². The summed E-state index contributed by atoms with van der Waals surface area (Å²) in [6.45, 7) is 0. The van der Waals surface area contributed by atoms with E-state index < -0.39 is 22.6 Å². The molecule has 1 aliphatic heterocycles. The number of likely N-dealkylation sites (tertiary alicyclic amines) is 1. The number of benzene rings is 1. The van der Waals surface area contributed by atoms with E-state index in [4.69, 9.17) is 5.26 Å². The topological polar surface area (TPSA) is 116 Å². The quantitative estimate of drug-likeness (QED) is 0.491. The van der Waals surface area contributed by atoms with Crippen molar-refractivity contribution in [2.75, 3.05) is 12.4 Å². The van der Waals surface area contributed by atoms with E-state index >= 15 is 0 Å². The number of carbonyl (C=O) groups is 2. The lowest BCUT2D eigenvalue weighted by molar-refractivity contribution is -0.384. The highest BCUT2D eigenvalue weighted by atomic mass is 16.6. The van der Waals surface area contributed by atoms with Crippen LogP contribution in [0.4, 0.5) is 11.4 Å². The first-order valence-corrected chi connectivity index (χ1v) is 5.70. The summed E-state index contributed by atoms with van der Waals surface area (Å²) >= 11 is 0. The van der Waals surface area contributed by atoms with E-state index in [0.717, 1.165) is 4.90 Å². The number of hydrogen-bond acceptors (Lipinski definition) is 6. The number of hydrogen-bond donors (Lipinski definition) is 1. The molecular formula is C12H10N4O4. The lowest BCUT2D eigenvalue weighted by Crippen LogP contribution is -2.32. The minimum atomic E-state index is -0.847. The number of nitrogens with one attached hydrogen (secondary N) is 1. The SMILES string of the molecule is CN1C(=O)CC(Nc2cccc(C#N)c2[N+](=O)[O-])C1=O. The van der Waals surface area contributed by atoms with Crippen molar-refractivity contribution in [3.8, 4) is 6.07 Å². The van der Waals surface area contributed by atoms with Gasteiger partial charge in [-0.15, -0.1) is 0 Å². The fourth-order valence-corrected chi connectivity index (χ4v) is 2.00. The summed E-state index contributed by atoms with van der Waals surface area (Å²) < 4.78 is 0. The smallest absolute Gasteiger partial charge is 0.309 e. The lowest BCUT2D eigenvalue weighted by Gasteiger charge is -2.12. The summed E-state index contributed by atoms with van der Waals surface area (Å²) in [5, 5.41) is 22.6.